The van der Waals surface area contributed by atoms with E-state index in [9.17, 15) is 5.11 Å². The molecule has 2 aromatic carbocycles. The fourth-order valence-electron chi connectivity index (χ4n) is 3.89. The van der Waals surface area contributed by atoms with Crippen molar-refractivity contribution < 1.29 is 19.3 Å². The van der Waals surface area contributed by atoms with Gasteiger partial charge in [0.1, 0.15) is 5.75 Å². The summed E-state index contributed by atoms with van der Waals surface area (Å²) in [5.74, 6) is 3.13. The van der Waals surface area contributed by atoms with Crippen LogP contribution >= 0.6 is 0 Å². The molecule has 1 heterocycles. The number of phenols is 1. The van der Waals surface area contributed by atoms with E-state index in [0.29, 0.717) is 29.5 Å². The summed E-state index contributed by atoms with van der Waals surface area (Å²) in [6.45, 7) is 4.00. The summed E-state index contributed by atoms with van der Waals surface area (Å²) in [6, 6.07) is 11.4. The standard InChI is InChI=1S/C23H32N4O4/c1-24-23(27-15-13-26(14-16-27)18-7-5-6-8-19(18)28)25-12-11-17-9-10-20(29-2)22(31-4)21(17)30-3/h5-10,28H,11-16H2,1-4H3,(H,24,25). The lowest BCUT2D eigenvalue weighted by Crippen LogP contribution is -2.52. The molecule has 0 amide bonds. The predicted molar refractivity (Wildman–Crippen MR) is 123 cm³/mol. The van der Waals surface area contributed by atoms with Crippen LogP contribution in [0.15, 0.2) is 41.4 Å². The number of phenolic OH excluding ortho intramolecular Hbond substituents is 1. The number of para-hydroxylation sites is 2. The van der Waals surface area contributed by atoms with E-state index >= 15 is 0 Å². The number of piperazine rings is 1. The summed E-state index contributed by atoms with van der Waals surface area (Å²) >= 11 is 0. The first-order valence-electron chi connectivity index (χ1n) is 10.4. The highest BCUT2D eigenvalue weighted by Gasteiger charge is 2.21. The van der Waals surface area contributed by atoms with Crippen LogP contribution in [0.5, 0.6) is 23.0 Å². The van der Waals surface area contributed by atoms with Gasteiger partial charge in [-0.1, -0.05) is 18.2 Å². The molecule has 3 rings (SSSR count). The monoisotopic (exact) mass is 428 g/mol. The molecule has 0 radical (unpaired) electrons. The fraction of sp³-hybridized carbons (Fsp3) is 0.435. The highest BCUT2D eigenvalue weighted by atomic mass is 16.5. The van der Waals surface area contributed by atoms with E-state index in [2.05, 4.69) is 20.1 Å². The van der Waals surface area contributed by atoms with E-state index in [1.165, 1.54) is 0 Å². The first-order chi connectivity index (χ1) is 15.1. The first kappa shape index (κ1) is 22.4. The van der Waals surface area contributed by atoms with Crippen molar-refractivity contribution in [3.63, 3.8) is 0 Å². The minimum Gasteiger partial charge on any atom is -0.506 e. The van der Waals surface area contributed by atoms with Crippen molar-refractivity contribution in [2.24, 2.45) is 4.99 Å². The maximum atomic E-state index is 10.1. The number of benzene rings is 2. The van der Waals surface area contributed by atoms with Crippen molar-refractivity contribution in [1.29, 1.82) is 0 Å². The van der Waals surface area contributed by atoms with E-state index in [0.717, 1.165) is 49.8 Å². The Bertz CT molecular complexity index is 895. The second-order valence-electron chi connectivity index (χ2n) is 7.18. The highest BCUT2D eigenvalue weighted by Crippen LogP contribution is 2.39. The van der Waals surface area contributed by atoms with Crippen molar-refractivity contribution in [2.75, 3.05) is 66.0 Å². The molecule has 1 fully saturated rings. The smallest absolute Gasteiger partial charge is 0.203 e. The average Bonchev–Trinajstić information content (AvgIpc) is 2.81. The van der Waals surface area contributed by atoms with Crippen molar-refractivity contribution >= 4 is 11.6 Å². The third kappa shape index (κ3) is 5.07. The molecular weight excluding hydrogens is 396 g/mol. The van der Waals surface area contributed by atoms with Gasteiger partial charge in [0.25, 0.3) is 0 Å². The molecule has 2 aromatic rings. The topological polar surface area (TPSA) is 78.8 Å². The van der Waals surface area contributed by atoms with Gasteiger partial charge in [-0.05, 0) is 24.6 Å². The Balaban J connectivity index is 1.57. The summed E-state index contributed by atoms with van der Waals surface area (Å²) in [7, 11) is 6.66. The Hall–Kier alpha value is -3.29. The molecule has 8 heteroatoms. The van der Waals surface area contributed by atoms with Crippen LogP contribution in [0.25, 0.3) is 0 Å². The average molecular weight is 429 g/mol. The lowest BCUT2D eigenvalue weighted by atomic mass is 10.1. The molecule has 8 nitrogen and oxygen atoms in total. The number of aromatic hydroxyl groups is 1. The number of nitrogens with one attached hydrogen (secondary N) is 1. The third-order valence-electron chi connectivity index (χ3n) is 5.48. The lowest BCUT2D eigenvalue weighted by molar-refractivity contribution is 0.322. The van der Waals surface area contributed by atoms with Gasteiger partial charge in [0.2, 0.25) is 5.75 Å². The molecule has 0 aromatic heterocycles. The Morgan fingerprint density at radius 1 is 0.968 bits per heavy atom. The number of anilines is 1. The lowest BCUT2D eigenvalue weighted by Gasteiger charge is -2.37. The minimum absolute atomic E-state index is 0.322. The molecule has 1 aliphatic rings. The second-order valence-corrected chi connectivity index (χ2v) is 7.18. The van der Waals surface area contributed by atoms with Gasteiger partial charge in [-0.2, -0.15) is 0 Å². The molecular formula is C23H32N4O4. The number of methoxy groups -OCH3 is 3. The molecule has 0 bridgehead atoms. The minimum atomic E-state index is 0.322. The SMILES string of the molecule is CN=C(NCCc1ccc(OC)c(OC)c1OC)N1CCN(c2ccccc2O)CC1. The first-order valence-corrected chi connectivity index (χ1v) is 10.4. The Morgan fingerprint density at radius 2 is 1.68 bits per heavy atom. The zero-order valence-electron chi connectivity index (χ0n) is 18.7. The maximum absolute atomic E-state index is 10.1. The van der Waals surface area contributed by atoms with Crippen molar-refractivity contribution in [3.05, 3.63) is 42.0 Å². The molecule has 0 atom stereocenters. The van der Waals surface area contributed by atoms with Crippen LogP contribution in [-0.2, 0) is 6.42 Å². The molecule has 0 unspecified atom stereocenters. The van der Waals surface area contributed by atoms with Gasteiger partial charge in [-0.15, -0.1) is 0 Å². The zero-order valence-corrected chi connectivity index (χ0v) is 18.7. The quantitative estimate of drug-likeness (QED) is 0.518. The van der Waals surface area contributed by atoms with Gasteiger partial charge in [0, 0.05) is 45.3 Å². The summed E-state index contributed by atoms with van der Waals surface area (Å²) in [4.78, 5) is 8.89. The van der Waals surface area contributed by atoms with Crippen LogP contribution in [0.2, 0.25) is 0 Å². The molecule has 168 valence electrons. The summed E-state index contributed by atoms with van der Waals surface area (Å²) in [5.41, 5.74) is 1.91. The van der Waals surface area contributed by atoms with E-state index in [1.54, 1.807) is 34.4 Å². The molecule has 2 N–H and O–H groups in total. The maximum Gasteiger partial charge on any atom is 0.203 e. The van der Waals surface area contributed by atoms with Crippen LogP contribution in [0.1, 0.15) is 5.56 Å². The van der Waals surface area contributed by atoms with Gasteiger partial charge in [0.15, 0.2) is 17.5 Å². The highest BCUT2D eigenvalue weighted by molar-refractivity contribution is 5.80. The molecule has 1 aliphatic heterocycles. The van der Waals surface area contributed by atoms with Crippen molar-refractivity contribution in [3.8, 4) is 23.0 Å². The molecule has 0 spiro atoms. The number of hydrogen-bond acceptors (Lipinski definition) is 6. The number of nitrogens with zero attached hydrogens (tertiary/aromatic N) is 3. The Kier molecular flexibility index (Phi) is 7.70. The predicted octanol–water partition coefficient (Wildman–Crippen LogP) is 2.36. The van der Waals surface area contributed by atoms with Crippen molar-refractivity contribution in [2.45, 2.75) is 6.42 Å². The summed E-state index contributed by atoms with van der Waals surface area (Å²) < 4.78 is 16.4. The molecule has 31 heavy (non-hydrogen) atoms. The fourth-order valence-corrected chi connectivity index (χ4v) is 3.89. The largest absolute Gasteiger partial charge is 0.506 e. The van der Waals surface area contributed by atoms with E-state index < -0.39 is 0 Å². The number of hydrogen-bond donors (Lipinski definition) is 2. The van der Waals surface area contributed by atoms with Crippen LogP contribution in [-0.4, -0.2) is 77.1 Å². The summed E-state index contributed by atoms with van der Waals surface area (Å²) in [5, 5.41) is 13.6. The molecule has 0 aliphatic carbocycles. The van der Waals surface area contributed by atoms with Crippen LogP contribution < -0.4 is 24.4 Å². The van der Waals surface area contributed by atoms with Gasteiger partial charge in [-0.3, -0.25) is 4.99 Å². The van der Waals surface area contributed by atoms with Crippen LogP contribution in [0, 0.1) is 0 Å². The van der Waals surface area contributed by atoms with E-state index in [-0.39, 0.29) is 0 Å². The number of rotatable bonds is 7. The Morgan fingerprint density at radius 3 is 2.29 bits per heavy atom. The second kappa shape index (κ2) is 10.7. The molecule has 0 saturated carbocycles. The van der Waals surface area contributed by atoms with Gasteiger partial charge < -0.3 is 34.4 Å². The van der Waals surface area contributed by atoms with E-state index in [4.69, 9.17) is 14.2 Å². The van der Waals surface area contributed by atoms with Crippen LogP contribution in [0.4, 0.5) is 5.69 Å². The number of ether oxygens (including phenoxy) is 3. The third-order valence-corrected chi connectivity index (χ3v) is 5.48. The number of guanidine groups is 1. The summed E-state index contributed by atoms with van der Waals surface area (Å²) in [6.07, 6.45) is 0.750. The zero-order chi connectivity index (χ0) is 22.2. The van der Waals surface area contributed by atoms with Gasteiger partial charge >= 0.3 is 0 Å². The number of aliphatic imine (C=N–C) groups is 1. The van der Waals surface area contributed by atoms with Crippen molar-refractivity contribution in [1.82, 2.24) is 10.2 Å². The van der Waals surface area contributed by atoms with E-state index in [1.807, 2.05) is 30.3 Å². The molecule has 1 saturated heterocycles. The van der Waals surface area contributed by atoms with Crippen LogP contribution in [0.3, 0.4) is 0 Å². The van der Waals surface area contributed by atoms with Gasteiger partial charge in [-0.25, -0.2) is 0 Å². The normalized spacial score (nSPS) is 14.4. The van der Waals surface area contributed by atoms with Gasteiger partial charge in [0.05, 0.1) is 27.0 Å². The Labute approximate surface area is 184 Å².